The van der Waals surface area contributed by atoms with Gasteiger partial charge >= 0.3 is 0 Å². The number of hydrogen-bond donors (Lipinski definition) is 1. The number of methoxy groups -OCH3 is 2. The summed E-state index contributed by atoms with van der Waals surface area (Å²) in [7, 11) is 3.18. The van der Waals surface area contributed by atoms with E-state index in [1.807, 2.05) is 19.1 Å². The monoisotopic (exact) mass is 389 g/mol. The van der Waals surface area contributed by atoms with Crippen molar-refractivity contribution in [3.05, 3.63) is 77.1 Å². The van der Waals surface area contributed by atoms with Crippen molar-refractivity contribution in [2.75, 3.05) is 24.4 Å². The maximum Gasteiger partial charge on any atom is 0.262 e. The second-order valence-electron chi connectivity index (χ2n) is 7.01. The number of pyridine rings is 1. The van der Waals surface area contributed by atoms with Crippen LogP contribution in [0.4, 0.5) is 11.4 Å². The van der Waals surface area contributed by atoms with Crippen molar-refractivity contribution in [2.45, 2.75) is 20.0 Å². The van der Waals surface area contributed by atoms with Crippen molar-refractivity contribution >= 4 is 17.3 Å². The van der Waals surface area contributed by atoms with Gasteiger partial charge in [-0.3, -0.25) is 14.7 Å². The number of ether oxygens (including phenoxy) is 2. The summed E-state index contributed by atoms with van der Waals surface area (Å²) in [5.41, 5.74) is 5.10. The largest absolute Gasteiger partial charge is 0.497 e. The maximum absolute atomic E-state index is 13.4. The first kappa shape index (κ1) is 18.8. The van der Waals surface area contributed by atoms with Crippen molar-refractivity contribution in [3.63, 3.8) is 0 Å². The Balaban J connectivity index is 1.85. The summed E-state index contributed by atoms with van der Waals surface area (Å²) in [6.07, 6.45) is 1.23. The van der Waals surface area contributed by atoms with E-state index < -0.39 is 6.17 Å². The summed E-state index contributed by atoms with van der Waals surface area (Å²) >= 11 is 0. The molecule has 0 saturated heterocycles. The van der Waals surface area contributed by atoms with Crippen LogP contribution in [0.15, 0.2) is 54.7 Å². The van der Waals surface area contributed by atoms with Crippen molar-refractivity contribution in [3.8, 4) is 11.5 Å². The lowest BCUT2D eigenvalue weighted by molar-refractivity contribution is 0.0992. The van der Waals surface area contributed by atoms with E-state index in [4.69, 9.17) is 9.47 Å². The number of amides is 1. The first-order chi connectivity index (χ1) is 14.0. The predicted octanol–water partition coefficient (Wildman–Crippen LogP) is 4.49. The van der Waals surface area contributed by atoms with Gasteiger partial charge in [-0.1, -0.05) is 17.7 Å². The van der Waals surface area contributed by atoms with E-state index in [0.29, 0.717) is 28.4 Å². The number of aryl methyl sites for hydroxylation is 2. The van der Waals surface area contributed by atoms with Crippen molar-refractivity contribution in [1.29, 1.82) is 0 Å². The van der Waals surface area contributed by atoms with Gasteiger partial charge in [-0.2, -0.15) is 0 Å². The van der Waals surface area contributed by atoms with E-state index in [2.05, 4.69) is 23.3 Å². The first-order valence-electron chi connectivity index (χ1n) is 9.37. The Labute approximate surface area is 170 Å². The number of anilines is 2. The predicted molar refractivity (Wildman–Crippen MR) is 113 cm³/mol. The molecule has 1 aromatic heterocycles. The van der Waals surface area contributed by atoms with Crippen LogP contribution in [0.25, 0.3) is 0 Å². The number of rotatable bonds is 5. The Morgan fingerprint density at radius 2 is 1.86 bits per heavy atom. The number of aromatic nitrogens is 1. The average molecular weight is 389 g/mol. The second-order valence-corrected chi connectivity index (χ2v) is 7.01. The molecule has 6 nitrogen and oxygen atoms in total. The summed E-state index contributed by atoms with van der Waals surface area (Å²) in [5, 5.41) is 3.51. The molecule has 29 heavy (non-hydrogen) atoms. The quantitative estimate of drug-likeness (QED) is 0.697. The standard InChI is InChI=1S/C23H23N3O3/c1-14-7-9-18(15(2)12-14)25-22-21-17(6-5-11-24-21)23(27)26(22)19-13-16(28-3)8-10-20(19)29-4/h5-13,22,25H,1-4H3. The number of benzene rings is 2. The van der Waals surface area contributed by atoms with E-state index >= 15 is 0 Å². The molecule has 0 bridgehead atoms. The first-order valence-corrected chi connectivity index (χ1v) is 9.37. The molecule has 1 unspecified atom stereocenters. The van der Waals surface area contributed by atoms with E-state index in [1.165, 1.54) is 5.56 Å². The normalized spacial score (nSPS) is 15.2. The van der Waals surface area contributed by atoms with Gasteiger partial charge in [0.15, 0.2) is 6.17 Å². The van der Waals surface area contributed by atoms with Gasteiger partial charge < -0.3 is 14.8 Å². The third-order valence-electron chi connectivity index (χ3n) is 5.12. The van der Waals surface area contributed by atoms with Crippen LogP contribution in [0.5, 0.6) is 11.5 Å². The average Bonchev–Trinajstić information content (AvgIpc) is 3.01. The lowest BCUT2D eigenvalue weighted by Gasteiger charge is -2.28. The van der Waals surface area contributed by atoms with Gasteiger partial charge in [0.1, 0.15) is 11.5 Å². The molecule has 0 aliphatic carbocycles. The van der Waals surface area contributed by atoms with Gasteiger partial charge in [0.2, 0.25) is 0 Å². The molecule has 1 atom stereocenters. The van der Waals surface area contributed by atoms with Gasteiger partial charge in [-0.15, -0.1) is 0 Å². The van der Waals surface area contributed by atoms with E-state index in [0.717, 1.165) is 11.3 Å². The molecule has 0 saturated carbocycles. The Morgan fingerprint density at radius 1 is 1.03 bits per heavy atom. The zero-order chi connectivity index (χ0) is 20.5. The highest BCUT2D eigenvalue weighted by atomic mass is 16.5. The van der Waals surface area contributed by atoms with Crippen molar-refractivity contribution in [2.24, 2.45) is 0 Å². The molecular weight excluding hydrogens is 366 g/mol. The van der Waals surface area contributed by atoms with Crippen LogP contribution in [-0.2, 0) is 0 Å². The zero-order valence-corrected chi connectivity index (χ0v) is 16.9. The summed E-state index contributed by atoms with van der Waals surface area (Å²) in [5.74, 6) is 1.09. The molecule has 3 aromatic rings. The Morgan fingerprint density at radius 3 is 2.59 bits per heavy atom. The van der Waals surface area contributed by atoms with Gasteiger partial charge in [-0.25, -0.2) is 0 Å². The van der Waals surface area contributed by atoms with Gasteiger partial charge in [0.25, 0.3) is 5.91 Å². The molecule has 4 rings (SSSR count). The van der Waals surface area contributed by atoms with Crippen molar-refractivity contribution < 1.29 is 14.3 Å². The van der Waals surface area contributed by atoms with Crippen molar-refractivity contribution in [1.82, 2.24) is 4.98 Å². The second kappa shape index (κ2) is 7.47. The minimum absolute atomic E-state index is 0.137. The highest BCUT2D eigenvalue weighted by Crippen LogP contribution is 2.42. The molecule has 1 aliphatic rings. The zero-order valence-electron chi connectivity index (χ0n) is 16.9. The summed E-state index contributed by atoms with van der Waals surface area (Å²) < 4.78 is 10.9. The molecule has 6 heteroatoms. The lowest BCUT2D eigenvalue weighted by atomic mass is 10.1. The Bertz CT molecular complexity index is 1080. The molecule has 1 aliphatic heterocycles. The summed E-state index contributed by atoms with van der Waals surface area (Å²) in [6, 6.07) is 15.2. The number of nitrogens with one attached hydrogen (secondary N) is 1. The minimum atomic E-state index is -0.471. The molecule has 2 aromatic carbocycles. The van der Waals surface area contributed by atoms with E-state index in [9.17, 15) is 4.79 Å². The molecule has 1 N–H and O–H groups in total. The molecule has 0 fully saturated rings. The van der Waals surface area contributed by atoms with Crippen LogP contribution in [0.1, 0.15) is 33.3 Å². The molecular formula is C23H23N3O3. The molecule has 1 amide bonds. The van der Waals surface area contributed by atoms with Crippen LogP contribution in [-0.4, -0.2) is 25.1 Å². The molecule has 148 valence electrons. The van der Waals surface area contributed by atoms with E-state index in [1.54, 1.807) is 55.6 Å². The van der Waals surface area contributed by atoms with Crippen LogP contribution < -0.4 is 19.7 Å². The Hall–Kier alpha value is -3.54. The molecule has 0 spiro atoms. The van der Waals surface area contributed by atoms with Crippen LogP contribution in [0.3, 0.4) is 0 Å². The van der Waals surface area contributed by atoms with Crippen LogP contribution in [0.2, 0.25) is 0 Å². The molecule has 0 radical (unpaired) electrons. The third-order valence-corrected chi connectivity index (χ3v) is 5.12. The van der Waals surface area contributed by atoms with Crippen LogP contribution >= 0.6 is 0 Å². The minimum Gasteiger partial charge on any atom is -0.497 e. The summed E-state index contributed by atoms with van der Waals surface area (Å²) in [4.78, 5) is 19.5. The highest BCUT2D eigenvalue weighted by molar-refractivity contribution is 6.11. The lowest BCUT2D eigenvalue weighted by Crippen LogP contribution is -2.33. The number of carbonyl (C=O) groups excluding carboxylic acids is 1. The molecule has 2 heterocycles. The van der Waals surface area contributed by atoms with E-state index in [-0.39, 0.29) is 5.91 Å². The summed E-state index contributed by atoms with van der Waals surface area (Å²) in [6.45, 7) is 4.10. The smallest absolute Gasteiger partial charge is 0.262 e. The Kier molecular flexibility index (Phi) is 4.84. The number of nitrogens with zero attached hydrogens (tertiary/aromatic N) is 2. The number of carbonyl (C=O) groups is 1. The third kappa shape index (κ3) is 3.27. The van der Waals surface area contributed by atoms with Crippen LogP contribution in [0, 0.1) is 13.8 Å². The van der Waals surface area contributed by atoms with Gasteiger partial charge in [-0.05, 0) is 49.7 Å². The highest BCUT2D eigenvalue weighted by Gasteiger charge is 2.40. The SMILES string of the molecule is COc1ccc(OC)c(N2C(=O)c3cccnc3C2Nc2ccc(C)cc2C)c1. The number of fused-ring (bicyclic) bond motifs is 1. The fourth-order valence-corrected chi connectivity index (χ4v) is 3.67. The van der Waals surface area contributed by atoms with Gasteiger partial charge in [0.05, 0.1) is 31.2 Å². The van der Waals surface area contributed by atoms with Gasteiger partial charge in [0, 0.05) is 18.0 Å². The topological polar surface area (TPSA) is 63.7 Å². The number of hydrogen-bond acceptors (Lipinski definition) is 5. The fourth-order valence-electron chi connectivity index (χ4n) is 3.67. The maximum atomic E-state index is 13.4. The fraction of sp³-hybridized carbons (Fsp3) is 0.217.